The summed E-state index contributed by atoms with van der Waals surface area (Å²) in [6.45, 7) is 2.07. The maximum atomic E-state index is 12.0. The molecule has 0 saturated heterocycles. The van der Waals surface area contributed by atoms with Crippen molar-refractivity contribution in [3.63, 3.8) is 0 Å². The number of hydrogen-bond acceptors (Lipinski definition) is 4. The van der Waals surface area contributed by atoms with E-state index in [1.54, 1.807) is 19.2 Å². The third kappa shape index (κ3) is 5.37. The summed E-state index contributed by atoms with van der Waals surface area (Å²) in [6, 6.07) is 4.78. The quantitative estimate of drug-likeness (QED) is 0.681. The lowest BCUT2D eigenvalue weighted by molar-refractivity contribution is 0.199. The lowest BCUT2D eigenvalue weighted by atomic mass is 10.4. The maximum absolute atomic E-state index is 12.0. The second-order valence-corrected chi connectivity index (χ2v) is 6.66. The largest absolute Gasteiger partial charge is 0.383 e. The maximum Gasteiger partial charge on any atom is 0.242 e. The van der Waals surface area contributed by atoms with Crippen LogP contribution in [-0.4, -0.2) is 41.8 Å². The van der Waals surface area contributed by atoms with Gasteiger partial charge in [0.2, 0.25) is 10.0 Å². The summed E-state index contributed by atoms with van der Waals surface area (Å²) in [4.78, 5) is 0.0698. The standard InChI is InChI=1S/C11H16BrClN2O3S/c1-18-8-7-14-5-6-15-19(16,17)10-4-2-3-9(12)11(10)13/h2-4,14-15H,5-8H2,1H3. The van der Waals surface area contributed by atoms with Crippen molar-refractivity contribution in [2.75, 3.05) is 33.4 Å². The van der Waals surface area contributed by atoms with Crippen LogP contribution in [0.25, 0.3) is 0 Å². The minimum Gasteiger partial charge on any atom is -0.383 e. The first-order valence-corrected chi connectivity index (χ1v) is 8.28. The Bertz CT molecular complexity index is 511. The van der Waals surface area contributed by atoms with E-state index in [1.807, 2.05) is 0 Å². The Morgan fingerprint density at radius 1 is 1.32 bits per heavy atom. The third-order valence-electron chi connectivity index (χ3n) is 2.28. The van der Waals surface area contributed by atoms with Crippen molar-refractivity contribution in [3.05, 3.63) is 27.7 Å². The smallest absolute Gasteiger partial charge is 0.242 e. The molecule has 5 nitrogen and oxygen atoms in total. The summed E-state index contributed by atoms with van der Waals surface area (Å²) >= 11 is 9.16. The zero-order valence-corrected chi connectivity index (χ0v) is 13.6. The Hall–Kier alpha value is -0.180. The SMILES string of the molecule is COCCNCCNS(=O)(=O)c1cccc(Br)c1Cl. The van der Waals surface area contributed by atoms with Crippen molar-refractivity contribution in [1.29, 1.82) is 0 Å². The Kier molecular flexibility index (Phi) is 7.27. The molecule has 0 aromatic heterocycles. The molecule has 0 aliphatic carbocycles. The van der Waals surface area contributed by atoms with Crippen LogP contribution in [0.15, 0.2) is 27.6 Å². The van der Waals surface area contributed by atoms with Gasteiger partial charge in [-0.3, -0.25) is 0 Å². The summed E-state index contributed by atoms with van der Waals surface area (Å²) in [5.41, 5.74) is 0. The normalized spacial score (nSPS) is 11.7. The molecular formula is C11H16BrClN2O3S. The molecule has 1 aromatic rings. The van der Waals surface area contributed by atoms with Crippen LogP contribution in [0.1, 0.15) is 0 Å². The van der Waals surface area contributed by atoms with E-state index in [2.05, 4.69) is 26.0 Å². The van der Waals surface area contributed by atoms with Crippen LogP contribution in [-0.2, 0) is 14.8 Å². The first-order valence-electron chi connectivity index (χ1n) is 5.62. The first-order chi connectivity index (χ1) is 8.99. The fraction of sp³-hybridized carbons (Fsp3) is 0.455. The molecule has 0 heterocycles. The summed E-state index contributed by atoms with van der Waals surface area (Å²) in [5, 5.41) is 3.22. The number of halogens is 2. The summed E-state index contributed by atoms with van der Waals surface area (Å²) in [7, 11) is -1.98. The van der Waals surface area contributed by atoms with Gasteiger partial charge in [0, 0.05) is 31.2 Å². The average Bonchev–Trinajstić information content (AvgIpc) is 2.36. The van der Waals surface area contributed by atoms with Gasteiger partial charge in [-0.25, -0.2) is 13.1 Å². The Labute approximate surface area is 126 Å². The molecule has 0 unspecified atom stereocenters. The van der Waals surface area contributed by atoms with Gasteiger partial charge >= 0.3 is 0 Å². The number of rotatable bonds is 8. The van der Waals surface area contributed by atoms with Crippen LogP contribution in [0.3, 0.4) is 0 Å². The molecule has 19 heavy (non-hydrogen) atoms. The molecule has 8 heteroatoms. The van der Waals surface area contributed by atoms with Gasteiger partial charge in [0.1, 0.15) is 4.90 Å². The zero-order chi connectivity index (χ0) is 14.3. The van der Waals surface area contributed by atoms with Crippen LogP contribution >= 0.6 is 27.5 Å². The van der Waals surface area contributed by atoms with Crippen molar-refractivity contribution in [2.24, 2.45) is 0 Å². The molecule has 0 fully saturated rings. The number of sulfonamides is 1. The fourth-order valence-corrected chi connectivity index (χ4v) is 3.40. The van der Waals surface area contributed by atoms with Gasteiger partial charge in [-0.05, 0) is 28.1 Å². The minimum atomic E-state index is -3.59. The zero-order valence-electron chi connectivity index (χ0n) is 10.4. The molecule has 1 rings (SSSR count). The predicted molar refractivity (Wildman–Crippen MR) is 79.1 cm³/mol. The molecular weight excluding hydrogens is 356 g/mol. The highest BCUT2D eigenvalue weighted by Crippen LogP contribution is 2.28. The minimum absolute atomic E-state index is 0.0698. The Morgan fingerprint density at radius 3 is 2.74 bits per heavy atom. The second kappa shape index (κ2) is 8.18. The van der Waals surface area contributed by atoms with Crippen molar-refractivity contribution in [2.45, 2.75) is 4.90 Å². The molecule has 0 aliphatic rings. The molecule has 0 spiro atoms. The molecule has 0 amide bonds. The molecule has 0 atom stereocenters. The molecule has 0 bridgehead atoms. The molecule has 2 N–H and O–H groups in total. The van der Waals surface area contributed by atoms with Gasteiger partial charge in [0.25, 0.3) is 0 Å². The number of methoxy groups -OCH3 is 1. The average molecular weight is 372 g/mol. The number of benzene rings is 1. The number of nitrogens with one attached hydrogen (secondary N) is 2. The Balaban J connectivity index is 2.54. The molecule has 0 radical (unpaired) electrons. The van der Waals surface area contributed by atoms with Crippen LogP contribution < -0.4 is 10.0 Å². The van der Waals surface area contributed by atoms with E-state index in [-0.39, 0.29) is 16.5 Å². The van der Waals surface area contributed by atoms with Gasteiger partial charge in [0.15, 0.2) is 0 Å². The van der Waals surface area contributed by atoms with Crippen LogP contribution in [0.5, 0.6) is 0 Å². The topological polar surface area (TPSA) is 67.4 Å². The highest BCUT2D eigenvalue weighted by molar-refractivity contribution is 9.10. The summed E-state index contributed by atoms with van der Waals surface area (Å²) in [5.74, 6) is 0. The predicted octanol–water partition coefficient (Wildman–Crippen LogP) is 1.62. The van der Waals surface area contributed by atoms with Gasteiger partial charge < -0.3 is 10.1 Å². The highest BCUT2D eigenvalue weighted by atomic mass is 79.9. The van der Waals surface area contributed by atoms with E-state index < -0.39 is 10.0 Å². The van der Waals surface area contributed by atoms with E-state index in [0.29, 0.717) is 24.2 Å². The van der Waals surface area contributed by atoms with E-state index in [1.165, 1.54) is 6.07 Å². The lowest BCUT2D eigenvalue weighted by Gasteiger charge is -2.09. The highest BCUT2D eigenvalue weighted by Gasteiger charge is 2.18. The lowest BCUT2D eigenvalue weighted by Crippen LogP contribution is -2.33. The molecule has 0 saturated carbocycles. The van der Waals surface area contributed by atoms with Crippen molar-refractivity contribution in [3.8, 4) is 0 Å². The van der Waals surface area contributed by atoms with Crippen molar-refractivity contribution < 1.29 is 13.2 Å². The Morgan fingerprint density at radius 2 is 2.05 bits per heavy atom. The summed E-state index contributed by atoms with van der Waals surface area (Å²) < 4.78 is 31.9. The molecule has 0 aliphatic heterocycles. The molecule has 108 valence electrons. The van der Waals surface area contributed by atoms with Crippen molar-refractivity contribution >= 4 is 37.6 Å². The van der Waals surface area contributed by atoms with Gasteiger partial charge in [-0.1, -0.05) is 17.7 Å². The van der Waals surface area contributed by atoms with E-state index in [0.717, 1.165) is 0 Å². The monoisotopic (exact) mass is 370 g/mol. The fourth-order valence-electron chi connectivity index (χ4n) is 1.34. The number of ether oxygens (including phenoxy) is 1. The van der Waals surface area contributed by atoms with Gasteiger partial charge in [-0.15, -0.1) is 0 Å². The number of hydrogen-bond donors (Lipinski definition) is 2. The van der Waals surface area contributed by atoms with Crippen LogP contribution in [0, 0.1) is 0 Å². The third-order valence-corrected chi connectivity index (χ3v) is 5.19. The van der Waals surface area contributed by atoms with E-state index in [4.69, 9.17) is 16.3 Å². The van der Waals surface area contributed by atoms with Crippen molar-refractivity contribution in [1.82, 2.24) is 10.0 Å². The van der Waals surface area contributed by atoms with E-state index in [9.17, 15) is 8.42 Å². The van der Waals surface area contributed by atoms with E-state index >= 15 is 0 Å². The van der Waals surface area contributed by atoms with Crippen LogP contribution in [0.4, 0.5) is 0 Å². The summed E-state index contributed by atoms with van der Waals surface area (Å²) in [6.07, 6.45) is 0. The van der Waals surface area contributed by atoms with Gasteiger partial charge in [0.05, 0.1) is 11.6 Å². The van der Waals surface area contributed by atoms with Crippen LogP contribution in [0.2, 0.25) is 5.02 Å². The van der Waals surface area contributed by atoms with Gasteiger partial charge in [-0.2, -0.15) is 0 Å². The second-order valence-electron chi connectivity index (χ2n) is 3.69. The molecule has 1 aromatic carbocycles. The first kappa shape index (κ1) is 16.9.